The average Bonchev–Trinajstić information content (AvgIpc) is 2.66. The topological polar surface area (TPSA) is 79.5 Å². The molecule has 92 valence electrons. The van der Waals surface area contributed by atoms with Crippen LogP contribution >= 0.6 is 0 Å². The van der Waals surface area contributed by atoms with E-state index in [1.807, 2.05) is 0 Å². The van der Waals surface area contributed by atoms with Gasteiger partial charge in [0.25, 0.3) is 0 Å². The smallest absolute Gasteiger partial charge is 0.211 e. The van der Waals surface area contributed by atoms with Gasteiger partial charge >= 0.3 is 0 Å². The van der Waals surface area contributed by atoms with E-state index in [4.69, 9.17) is 9.52 Å². The molecule has 1 rings (SSSR count). The third-order valence-electron chi connectivity index (χ3n) is 2.04. The van der Waals surface area contributed by atoms with Crippen molar-refractivity contribution in [2.45, 2.75) is 25.8 Å². The quantitative estimate of drug-likeness (QED) is 0.736. The van der Waals surface area contributed by atoms with Crippen molar-refractivity contribution < 1.29 is 17.9 Å². The molecule has 0 radical (unpaired) electrons. The number of sulfonamides is 1. The molecule has 0 bridgehead atoms. The maximum Gasteiger partial charge on any atom is 0.211 e. The van der Waals surface area contributed by atoms with Crippen molar-refractivity contribution in [2.75, 3.05) is 12.4 Å². The largest absolute Gasteiger partial charge is 0.469 e. The Morgan fingerprint density at radius 1 is 1.56 bits per heavy atom. The first-order chi connectivity index (χ1) is 7.53. The van der Waals surface area contributed by atoms with Gasteiger partial charge in [-0.1, -0.05) is 0 Å². The number of rotatable bonds is 7. The number of aliphatic hydroxyl groups excluding tert-OH is 1. The number of aliphatic hydroxyl groups is 1. The summed E-state index contributed by atoms with van der Waals surface area (Å²) in [6.45, 7) is 1.66. The first-order valence-corrected chi connectivity index (χ1v) is 6.82. The summed E-state index contributed by atoms with van der Waals surface area (Å²) in [5.41, 5.74) is 0. The molecular weight excluding hydrogens is 230 g/mol. The Kier molecular flexibility index (Phi) is 4.98. The molecule has 1 aromatic rings. The fourth-order valence-corrected chi connectivity index (χ4v) is 2.72. The first-order valence-electron chi connectivity index (χ1n) is 5.17. The van der Waals surface area contributed by atoms with Crippen molar-refractivity contribution in [1.82, 2.24) is 4.72 Å². The highest BCUT2D eigenvalue weighted by Gasteiger charge is 2.14. The van der Waals surface area contributed by atoms with E-state index in [9.17, 15) is 8.42 Å². The minimum atomic E-state index is -3.30. The molecule has 0 spiro atoms. The fraction of sp³-hybridized carbons (Fsp3) is 0.600. The fourth-order valence-electron chi connectivity index (χ4n) is 1.39. The Hall–Kier alpha value is -0.850. The van der Waals surface area contributed by atoms with Crippen LogP contribution in [0.15, 0.2) is 22.8 Å². The predicted octanol–water partition coefficient (Wildman–Crippen LogP) is 0.512. The zero-order valence-corrected chi connectivity index (χ0v) is 10.0. The normalized spacial score (nSPS) is 13.9. The van der Waals surface area contributed by atoms with Gasteiger partial charge in [0.1, 0.15) is 5.76 Å². The van der Waals surface area contributed by atoms with Gasteiger partial charge in [0.15, 0.2) is 0 Å². The first kappa shape index (κ1) is 13.2. The highest BCUT2D eigenvalue weighted by Crippen LogP contribution is 2.05. The maximum absolute atomic E-state index is 11.5. The predicted molar refractivity (Wildman–Crippen MR) is 60.5 cm³/mol. The SMILES string of the molecule is CC(Cc1ccco1)NS(=O)(=O)CCCO. The second kappa shape index (κ2) is 6.03. The van der Waals surface area contributed by atoms with Crippen LogP contribution in [0.5, 0.6) is 0 Å². The van der Waals surface area contributed by atoms with Crippen LogP contribution in [0.1, 0.15) is 19.1 Å². The molecule has 2 N–H and O–H groups in total. The molecule has 0 fully saturated rings. The van der Waals surface area contributed by atoms with Crippen LogP contribution in [0, 0.1) is 0 Å². The lowest BCUT2D eigenvalue weighted by Crippen LogP contribution is -2.35. The summed E-state index contributed by atoms with van der Waals surface area (Å²) in [6.07, 6.45) is 2.33. The molecular formula is C10H17NO4S. The average molecular weight is 247 g/mol. The van der Waals surface area contributed by atoms with E-state index in [0.717, 1.165) is 5.76 Å². The summed E-state index contributed by atoms with van der Waals surface area (Å²) in [5, 5.41) is 8.56. The number of nitrogens with one attached hydrogen (secondary N) is 1. The van der Waals surface area contributed by atoms with Gasteiger partial charge < -0.3 is 9.52 Å². The number of furan rings is 1. The van der Waals surface area contributed by atoms with Crippen molar-refractivity contribution in [3.8, 4) is 0 Å². The van der Waals surface area contributed by atoms with Gasteiger partial charge in [-0.3, -0.25) is 0 Å². The van der Waals surface area contributed by atoms with Crippen LogP contribution in [-0.4, -0.2) is 31.9 Å². The van der Waals surface area contributed by atoms with Crippen LogP contribution in [0.25, 0.3) is 0 Å². The minimum absolute atomic E-state index is 0.0496. The van der Waals surface area contributed by atoms with Crippen LogP contribution in [0.4, 0.5) is 0 Å². The Bertz CT molecular complexity index is 385. The summed E-state index contributed by atoms with van der Waals surface area (Å²) < 4.78 is 30.6. The van der Waals surface area contributed by atoms with Gasteiger partial charge in [-0.05, 0) is 25.5 Å². The third-order valence-corrected chi connectivity index (χ3v) is 3.63. The van der Waals surface area contributed by atoms with E-state index in [-0.39, 0.29) is 24.8 Å². The standard InChI is InChI=1S/C10H17NO4S/c1-9(8-10-4-2-6-15-10)11-16(13,14)7-3-5-12/h2,4,6,9,11-12H,3,5,7-8H2,1H3. The Balaban J connectivity index is 2.41. The van der Waals surface area contributed by atoms with Gasteiger partial charge in [0.2, 0.25) is 10.0 Å². The lowest BCUT2D eigenvalue weighted by atomic mass is 10.2. The Labute approximate surface area is 95.5 Å². The molecule has 16 heavy (non-hydrogen) atoms. The summed E-state index contributed by atoms with van der Waals surface area (Å²) in [4.78, 5) is 0. The molecule has 1 atom stereocenters. The van der Waals surface area contributed by atoms with Crippen molar-refractivity contribution in [2.24, 2.45) is 0 Å². The molecule has 1 unspecified atom stereocenters. The van der Waals surface area contributed by atoms with Crippen LogP contribution in [0.3, 0.4) is 0 Å². The highest BCUT2D eigenvalue weighted by atomic mass is 32.2. The molecule has 0 aliphatic carbocycles. The van der Waals surface area contributed by atoms with Gasteiger partial charge in [0.05, 0.1) is 12.0 Å². The van der Waals surface area contributed by atoms with E-state index < -0.39 is 10.0 Å². The third kappa shape index (κ3) is 4.78. The summed E-state index contributed by atoms with van der Waals surface area (Å²) in [5.74, 6) is 0.698. The second-order valence-electron chi connectivity index (χ2n) is 3.70. The zero-order chi connectivity index (χ0) is 12.0. The molecule has 0 amide bonds. The molecule has 1 aromatic heterocycles. The van der Waals surface area contributed by atoms with Crippen LogP contribution < -0.4 is 4.72 Å². The molecule has 0 aliphatic rings. The van der Waals surface area contributed by atoms with Crippen LogP contribution in [-0.2, 0) is 16.4 Å². The molecule has 0 aromatic carbocycles. The molecule has 0 aliphatic heterocycles. The van der Waals surface area contributed by atoms with E-state index in [1.54, 1.807) is 25.3 Å². The van der Waals surface area contributed by atoms with Gasteiger partial charge in [0, 0.05) is 19.1 Å². The number of hydrogen-bond acceptors (Lipinski definition) is 4. The molecule has 5 nitrogen and oxygen atoms in total. The minimum Gasteiger partial charge on any atom is -0.469 e. The van der Waals surface area contributed by atoms with Crippen molar-refractivity contribution >= 4 is 10.0 Å². The monoisotopic (exact) mass is 247 g/mol. The molecule has 0 saturated heterocycles. The van der Waals surface area contributed by atoms with Gasteiger partial charge in [-0.15, -0.1) is 0 Å². The van der Waals surface area contributed by atoms with E-state index in [1.165, 1.54) is 0 Å². The van der Waals surface area contributed by atoms with E-state index in [0.29, 0.717) is 6.42 Å². The summed E-state index contributed by atoms with van der Waals surface area (Å²) in [6, 6.07) is 3.36. The second-order valence-corrected chi connectivity index (χ2v) is 5.57. The van der Waals surface area contributed by atoms with Gasteiger partial charge in [-0.25, -0.2) is 13.1 Å². The zero-order valence-electron chi connectivity index (χ0n) is 9.22. The Morgan fingerprint density at radius 2 is 2.31 bits per heavy atom. The van der Waals surface area contributed by atoms with E-state index in [2.05, 4.69) is 4.72 Å². The Morgan fingerprint density at radius 3 is 2.88 bits per heavy atom. The van der Waals surface area contributed by atoms with Crippen molar-refractivity contribution in [3.63, 3.8) is 0 Å². The molecule has 1 heterocycles. The molecule has 0 saturated carbocycles. The maximum atomic E-state index is 11.5. The van der Waals surface area contributed by atoms with Gasteiger partial charge in [-0.2, -0.15) is 0 Å². The lowest BCUT2D eigenvalue weighted by Gasteiger charge is -2.12. The molecule has 6 heteroatoms. The van der Waals surface area contributed by atoms with Crippen molar-refractivity contribution in [3.05, 3.63) is 24.2 Å². The summed E-state index contributed by atoms with van der Waals surface area (Å²) in [7, 11) is -3.30. The van der Waals surface area contributed by atoms with Crippen LogP contribution in [0.2, 0.25) is 0 Å². The number of hydrogen-bond donors (Lipinski definition) is 2. The van der Waals surface area contributed by atoms with Crippen molar-refractivity contribution in [1.29, 1.82) is 0 Å². The summed E-state index contributed by atoms with van der Waals surface area (Å²) >= 11 is 0. The van der Waals surface area contributed by atoms with E-state index >= 15 is 0 Å². The highest BCUT2D eigenvalue weighted by molar-refractivity contribution is 7.89. The lowest BCUT2D eigenvalue weighted by molar-refractivity contribution is 0.295.